The average Bonchev–Trinajstić information content (AvgIpc) is 0.722. The average molecular weight is 426 g/mol. The van der Waals surface area contributed by atoms with E-state index >= 15 is 0 Å². The molecule has 0 unspecified atom stereocenters. The molecule has 0 saturated carbocycles. The van der Waals surface area contributed by atoms with Crippen molar-refractivity contribution in [1.29, 1.82) is 0 Å². The minimum atomic E-state index is -1.45. The molecule has 0 aliphatic carbocycles. The second-order valence-electron chi connectivity index (χ2n) is 0.271. The summed E-state index contributed by atoms with van der Waals surface area (Å²) < 4.78 is 0. The fraction of sp³-hybridized carbons (Fsp3) is 0. The molecule has 0 atom stereocenters. The Bertz CT molecular complexity index is 19.1. The van der Waals surface area contributed by atoms with Crippen LogP contribution < -0.4 is 0 Å². The zero-order valence-corrected chi connectivity index (χ0v) is 9.73. The zero-order chi connectivity index (χ0) is 4.50. The van der Waals surface area contributed by atoms with E-state index in [-0.39, 0.29) is 0 Å². The molecule has 0 rings (SSSR count). The first-order valence-electron chi connectivity index (χ1n) is 0.478. The molecule has 5 heavy (non-hydrogen) atoms. The number of hydrogen-bond acceptors (Lipinski definition) is 0. The molecule has 0 aliphatic heterocycles. The SMILES string of the molecule is [Br][Pd-2]([Br])([Br])[Br]. The van der Waals surface area contributed by atoms with Crippen LogP contribution in [0, 0.1) is 0 Å². The molecule has 0 nitrogen and oxygen atoms in total. The molecule has 0 aromatic carbocycles. The molecular weight excluding hydrogens is 426 g/mol. The van der Waals surface area contributed by atoms with Crippen LogP contribution in [0.15, 0.2) is 0 Å². The molecule has 0 saturated heterocycles. The molecule has 0 spiro atoms. The van der Waals surface area contributed by atoms with E-state index in [0.29, 0.717) is 0 Å². The van der Waals surface area contributed by atoms with E-state index < -0.39 is 7.47 Å². The van der Waals surface area contributed by atoms with Crippen LogP contribution >= 0.6 is 53.7 Å². The van der Waals surface area contributed by atoms with Crippen LogP contribution in [-0.4, -0.2) is 0 Å². The van der Waals surface area contributed by atoms with Crippen molar-refractivity contribution in [3.05, 3.63) is 0 Å². The van der Waals surface area contributed by atoms with Gasteiger partial charge >= 0.3 is 61.2 Å². The summed E-state index contributed by atoms with van der Waals surface area (Å²) in [4.78, 5) is 0. The predicted octanol–water partition coefficient (Wildman–Crippen LogP) is 3.38. The van der Waals surface area contributed by atoms with Gasteiger partial charge in [-0.3, -0.25) is 0 Å². The maximum absolute atomic E-state index is 3.28. The summed E-state index contributed by atoms with van der Waals surface area (Å²) in [5.74, 6) is 0. The van der Waals surface area contributed by atoms with Gasteiger partial charge in [0.05, 0.1) is 0 Å². The van der Waals surface area contributed by atoms with Crippen LogP contribution in [0.25, 0.3) is 0 Å². The first kappa shape index (κ1) is 7.58. The Morgan fingerprint density at radius 2 is 0.800 bits per heavy atom. The predicted molar refractivity (Wildman–Crippen MR) is 35.7 cm³/mol. The number of rotatable bonds is 0. The fourth-order valence-corrected chi connectivity index (χ4v) is 0. The van der Waals surface area contributed by atoms with E-state index in [1.807, 2.05) is 0 Å². The second kappa shape index (κ2) is 2.78. The second-order valence-corrected chi connectivity index (χ2v) is 43.3. The molecule has 0 amide bonds. The molecule has 0 fully saturated rings. The molecule has 0 aliphatic rings. The molecular formula is Br4Pd-2. The quantitative estimate of drug-likeness (QED) is 0.522. The third-order valence-electron chi connectivity index (χ3n) is 0. The van der Waals surface area contributed by atoms with Crippen molar-refractivity contribution in [3.8, 4) is 0 Å². The summed E-state index contributed by atoms with van der Waals surface area (Å²) in [6.45, 7) is 0. The van der Waals surface area contributed by atoms with Gasteiger partial charge in [-0.15, -0.1) is 0 Å². The van der Waals surface area contributed by atoms with Crippen molar-refractivity contribution >= 4 is 53.7 Å². The van der Waals surface area contributed by atoms with Gasteiger partial charge in [0.2, 0.25) is 0 Å². The Hall–Kier alpha value is 2.58. The van der Waals surface area contributed by atoms with Crippen molar-refractivity contribution in [1.82, 2.24) is 0 Å². The van der Waals surface area contributed by atoms with Crippen LogP contribution in [0.1, 0.15) is 0 Å². The van der Waals surface area contributed by atoms with E-state index in [9.17, 15) is 0 Å². The van der Waals surface area contributed by atoms with Crippen LogP contribution in [-0.2, 0) is 7.47 Å². The fourth-order valence-electron chi connectivity index (χ4n) is 0. The topological polar surface area (TPSA) is 0 Å². The normalized spacial score (nSPS) is 15.2. The zero-order valence-electron chi connectivity index (χ0n) is 1.83. The summed E-state index contributed by atoms with van der Waals surface area (Å²) in [6.07, 6.45) is 0. The third kappa shape index (κ3) is 20.7. The Morgan fingerprint density at radius 1 is 0.800 bits per heavy atom. The summed E-state index contributed by atoms with van der Waals surface area (Å²) in [5, 5.41) is 0. The van der Waals surface area contributed by atoms with Crippen LogP contribution in [0.4, 0.5) is 0 Å². The van der Waals surface area contributed by atoms with E-state index in [4.69, 9.17) is 0 Å². The standard InChI is InChI=1S/4BrH.Pd/h4*1H;/q;;;;+2/p-4. The molecule has 0 heterocycles. The Morgan fingerprint density at radius 3 is 0.800 bits per heavy atom. The van der Waals surface area contributed by atoms with Crippen molar-refractivity contribution in [2.75, 3.05) is 0 Å². The molecule has 0 N–H and O–H groups in total. The van der Waals surface area contributed by atoms with Gasteiger partial charge in [-0.1, -0.05) is 0 Å². The summed E-state index contributed by atoms with van der Waals surface area (Å²) in [7, 11) is -1.45. The van der Waals surface area contributed by atoms with Crippen LogP contribution in [0.5, 0.6) is 0 Å². The monoisotopic (exact) mass is 422 g/mol. The van der Waals surface area contributed by atoms with Crippen LogP contribution in [0.3, 0.4) is 0 Å². The van der Waals surface area contributed by atoms with Gasteiger partial charge in [0.1, 0.15) is 0 Å². The van der Waals surface area contributed by atoms with E-state index in [0.717, 1.165) is 0 Å². The van der Waals surface area contributed by atoms with E-state index in [2.05, 4.69) is 53.7 Å². The van der Waals surface area contributed by atoms with Gasteiger partial charge in [-0.25, -0.2) is 0 Å². The summed E-state index contributed by atoms with van der Waals surface area (Å²) in [5.41, 5.74) is 0. The third-order valence-corrected chi connectivity index (χ3v) is 0. The Kier molecular flexibility index (Phi) is 4.22. The van der Waals surface area contributed by atoms with Gasteiger partial charge < -0.3 is 0 Å². The maximum atomic E-state index is 3.28. The van der Waals surface area contributed by atoms with Crippen molar-refractivity contribution in [2.45, 2.75) is 0 Å². The van der Waals surface area contributed by atoms with Gasteiger partial charge in [0.15, 0.2) is 0 Å². The molecule has 40 valence electrons. The first-order valence-corrected chi connectivity index (χ1v) is 14.7. The number of hydrogen-bond donors (Lipinski definition) is 0. The van der Waals surface area contributed by atoms with Gasteiger partial charge in [-0.2, -0.15) is 0 Å². The molecule has 0 radical (unpaired) electrons. The first-order chi connectivity index (χ1) is 2.00. The van der Waals surface area contributed by atoms with Crippen molar-refractivity contribution in [3.63, 3.8) is 0 Å². The van der Waals surface area contributed by atoms with E-state index in [1.165, 1.54) is 0 Å². The van der Waals surface area contributed by atoms with Gasteiger partial charge in [0.25, 0.3) is 0 Å². The minimum absolute atomic E-state index is 1.45. The van der Waals surface area contributed by atoms with Crippen LogP contribution in [0.2, 0.25) is 0 Å². The molecule has 0 aromatic heterocycles. The van der Waals surface area contributed by atoms with Gasteiger partial charge in [0, 0.05) is 0 Å². The molecule has 5 heteroatoms. The van der Waals surface area contributed by atoms with Gasteiger partial charge in [-0.05, 0) is 0 Å². The van der Waals surface area contributed by atoms with Crippen molar-refractivity contribution < 1.29 is 7.47 Å². The summed E-state index contributed by atoms with van der Waals surface area (Å²) >= 11 is 13.1. The van der Waals surface area contributed by atoms with Crippen molar-refractivity contribution in [2.24, 2.45) is 0 Å². The Balaban J connectivity index is 3.02. The number of halogens is 4. The molecule has 0 aromatic rings. The van der Waals surface area contributed by atoms with E-state index in [1.54, 1.807) is 0 Å². The Labute approximate surface area is 60.0 Å². The summed E-state index contributed by atoms with van der Waals surface area (Å²) in [6, 6.07) is 0. The molecule has 0 bridgehead atoms.